The van der Waals surface area contributed by atoms with Gasteiger partial charge in [-0.15, -0.1) is 0 Å². The molecule has 0 amide bonds. The molecular weight excluding hydrogens is 268 g/mol. The van der Waals surface area contributed by atoms with E-state index in [4.69, 9.17) is 0 Å². The fraction of sp³-hybridized carbons (Fsp3) is 0.273. The average Bonchev–Trinajstić information content (AvgIpc) is 2.75. The molecule has 0 atom stereocenters. The van der Waals surface area contributed by atoms with E-state index in [1.54, 1.807) is 6.33 Å². The van der Waals surface area contributed by atoms with Gasteiger partial charge in [0.2, 0.25) is 0 Å². The molecule has 0 aliphatic heterocycles. The molecule has 1 aromatic carbocycles. The van der Waals surface area contributed by atoms with Crippen LogP contribution >= 0.6 is 15.9 Å². The van der Waals surface area contributed by atoms with Gasteiger partial charge in [-0.2, -0.15) is 5.10 Å². The number of nitrogens with one attached hydrogen (secondary N) is 1. The quantitative estimate of drug-likeness (QED) is 0.937. The lowest BCUT2D eigenvalue weighted by molar-refractivity contribution is 0.622. The van der Waals surface area contributed by atoms with Crippen molar-refractivity contribution in [3.05, 3.63) is 40.9 Å². The molecule has 0 saturated heterocycles. The maximum absolute atomic E-state index is 4.21. The van der Waals surface area contributed by atoms with Gasteiger partial charge in [-0.1, -0.05) is 12.1 Å². The van der Waals surface area contributed by atoms with Gasteiger partial charge in [0.25, 0.3) is 0 Å². The van der Waals surface area contributed by atoms with E-state index in [1.165, 1.54) is 0 Å². The fourth-order valence-electron chi connectivity index (χ4n) is 1.47. The zero-order valence-corrected chi connectivity index (χ0v) is 10.6. The average molecular weight is 281 g/mol. The summed E-state index contributed by atoms with van der Waals surface area (Å²) < 4.78 is 2.93. The minimum absolute atomic E-state index is 0.677. The molecular formula is C11H13BrN4. The number of aryl methyl sites for hydroxylation is 1. The van der Waals surface area contributed by atoms with Crippen molar-refractivity contribution in [1.82, 2.24) is 14.8 Å². The van der Waals surface area contributed by atoms with Crippen molar-refractivity contribution in [2.45, 2.75) is 20.0 Å². The van der Waals surface area contributed by atoms with Crippen molar-refractivity contribution in [3.8, 4) is 0 Å². The number of hydrogen-bond donors (Lipinski definition) is 1. The second kappa shape index (κ2) is 5.12. The zero-order chi connectivity index (χ0) is 11.4. The molecule has 1 N–H and O–H groups in total. The number of para-hydroxylation sites is 1. The standard InChI is InChI=1S/C11H13BrN4/c1-2-16-11(14-8-15-16)7-13-10-6-4-3-5-9(10)12/h3-6,8,13H,2,7H2,1H3. The maximum Gasteiger partial charge on any atom is 0.146 e. The van der Waals surface area contributed by atoms with Crippen molar-refractivity contribution in [2.75, 3.05) is 5.32 Å². The van der Waals surface area contributed by atoms with Gasteiger partial charge in [0.1, 0.15) is 12.2 Å². The van der Waals surface area contributed by atoms with Gasteiger partial charge in [-0.25, -0.2) is 9.67 Å². The predicted molar refractivity (Wildman–Crippen MR) is 67.2 cm³/mol. The normalized spacial score (nSPS) is 10.4. The molecule has 2 rings (SSSR count). The van der Waals surface area contributed by atoms with E-state index in [-0.39, 0.29) is 0 Å². The van der Waals surface area contributed by atoms with E-state index < -0.39 is 0 Å². The summed E-state index contributed by atoms with van der Waals surface area (Å²) in [5.74, 6) is 0.943. The van der Waals surface area contributed by atoms with Crippen molar-refractivity contribution < 1.29 is 0 Å². The Bertz CT molecular complexity index is 467. The molecule has 5 heteroatoms. The number of hydrogen-bond acceptors (Lipinski definition) is 3. The van der Waals surface area contributed by atoms with E-state index in [0.29, 0.717) is 6.54 Å². The molecule has 4 nitrogen and oxygen atoms in total. The largest absolute Gasteiger partial charge is 0.377 e. The highest BCUT2D eigenvalue weighted by atomic mass is 79.9. The van der Waals surface area contributed by atoms with Gasteiger partial charge < -0.3 is 5.32 Å². The van der Waals surface area contributed by atoms with Crippen molar-refractivity contribution in [1.29, 1.82) is 0 Å². The van der Waals surface area contributed by atoms with Crippen LogP contribution in [0.3, 0.4) is 0 Å². The molecule has 0 fully saturated rings. The summed E-state index contributed by atoms with van der Waals surface area (Å²) in [5, 5.41) is 7.44. The Morgan fingerprint density at radius 3 is 2.94 bits per heavy atom. The highest BCUT2D eigenvalue weighted by Gasteiger charge is 2.03. The molecule has 0 radical (unpaired) electrons. The third kappa shape index (κ3) is 2.41. The van der Waals surface area contributed by atoms with E-state index in [1.807, 2.05) is 28.9 Å². The van der Waals surface area contributed by atoms with Crippen molar-refractivity contribution in [3.63, 3.8) is 0 Å². The van der Waals surface area contributed by atoms with Crippen molar-refractivity contribution in [2.24, 2.45) is 0 Å². The molecule has 0 aliphatic carbocycles. The molecule has 0 saturated carbocycles. The first kappa shape index (κ1) is 11.1. The second-order valence-electron chi connectivity index (χ2n) is 3.33. The number of anilines is 1. The van der Waals surface area contributed by atoms with Crippen LogP contribution in [-0.2, 0) is 13.1 Å². The number of rotatable bonds is 4. The highest BCUT2D eigenvalue weighted by molar-refractivity contribution is 9.10. The van der Waals surface area contributed by atoms with E-state index in [2.05, 4.69) is 38.3 Å². The molecule has 16 heavy (non-hydrogen) atoms. The first-order valence-corrected chi connectivity index (χ1v) is 5.95. The smallest absolute Gasteiger partial charge is 0.146 e. The predicted octanol–water partition coefficient (Wildman–Crippen LogP) is 2.67. The Labute approximate surface area is 103 Å². The topological polar surface area (TPSA) is 42.7 Å². The van der Waals surface area contributed by atoms with Gasteiger partial charge in [0.15, 0.2) is 0 Å². The summed E-state index contributed by atoms with van der Waals surface area (Å²) in [4.78, 5) is 4.21. The number of halogens is 1. The third-order valence-corrected chi connectivity index (χ3v) is 3.00. The molecule has 0 aliphatic rings. The first-order chi connectivity index (χ1) is 7.81. The minimum atomic E-state index is 0.677. The summed E-state index contributed by atoms with van der Waals surface area (Å²) in [6.07, 6.45) is 1.58. The maximum atomic E-state index is 4.21. The van der Waals surface area contributed by atoms with Gasteiger partial charge in [0.05, 0.1) is 6.54 Å². The van der Waals surface area contributed by atoms with Crippen LogP contribution in [-0.4, -0.2) is 14.8 Å². The summed E-state index contributed by atoms with van der Waals surface area (Å²) in [6.45, 7) is 3.57. The van der Waals surface area contributed by atoms with Crippen LogP contribution in [0.4, 0.5) is 5.69 Å². The van der Waals surface area contributed by atoms with Crippen LogP contribution < -0.4 is 5.32 Å². The second-order valence-corrected chi connectivity index (χ2v) is 4.18. The van der Waals surface area contributed by atoms with Gasteiger partial charge in [-0.05, 0) is 35.0 Å². The highest BCUT2D eigenvalue weighted by Crippen LogP contribution is 2.21. The van der Waals surface area contributed by atoms with Crippen LogP contribution in [0, 0.1) is 0 Å². The monoisotopic (exact) mass is 280 g/mol. The zero-order valence-electron chi connectivity index (χ0n) is 9.02. The summed E-state index contributed by atoms with van der Waals surface area (Å²) in [5.41, 5.74) is 1.06. The minimum Gasteiger partial charge on any atom is -0.377 e. The molecule has 1 heterocycles. The van der Waals surface area contributed by atoms with E-state index >= 15 is 0 Å². The van der Waals surface area contributed by atoms with Crippen LogP contribution in [0.5, 0.6) is 0 Å². The Kier molecular flexibility index (Phi) is 3.56. The summed E-state index contributed by atoms with van der Waals surface area (Å²) >= 11 is 3.49. The van der Waals surface area contributed by atoms with E-state index in [9.17, 15) is 0 Å². The lowest BCUT2D eigenvalue weighted by Crippen LogP contribution is -2.09. The Balaban J connectivity index is 2.05. The Hall–Kier alpha value is -1.36. The lowest BCUT2D eigenvalue weighted by atomic mass is 10.3. The van der Waals surface area contributed by atoms with Gasteiger partial charge >= 0.3 is 0 Å². The summed E-state index contributed by atoms with van der Waals surface area (Å²) in [7, 11) is 0. The fourth-order valence-corrected chi connectivity index (χ4v) is 1.89. The Morgan fingerprint density at radius 1 is 1.38 bits per heavy atom. The van der Waals surface area contributed by atoms with Gasteiger partial charge in [0, 0.05) is 16.7 Å². The molecule has 84 valence electrons. The first-order valence-electron chi connectivity index (χ1n) is 5.16. The van der Waals surface area contributed by atoms with Crippen LogP contribution in [0.2, 0.25) is 0 Å². The molecule has 0 spiro atoms. The van der Waals surface area contributed by atoms with Crippen LogP contribution in [0.25, 0.3) is 0 Å². The third-order valence-electron chi connectivity index (χ3n) is 2.31. The molecule has 0 bridgehead atoms. The number of aromatic nitrogens is 3. The number of benzene rings is 1. The molecule has 2 aromatic rings. The lowest BCUT2D eigenvalue weighted by Gasteiger charge is -2.08. The SMILES string of the molecule is CCn1ncnc1CNc1ccccc1Br. The van der Waals surface area contributed by atoms with E-state index in [0.717, 1.165) is 22.5 Å². The van der Waals surface area contributed by atoms with Crippen molar-refractivity contribution >= 4 is 21.6 Å². The molecule has 1 aromatic heterocycles. The Morgan fingerprint density at radius 2 is 2.19 bits per heavy atom. The van der Waals surface area contributed by atoms with Crippen LogP contribution in [0.15, 0.2) is 35.1 Å². The van der Waals surface area contributed by atoms with Crippen LogP contribution in [0.1, 0.15) is 12.7 Å². The number of nitrogens with zero attached hydrogens (tertiary/aromatic N) is 3. The summed E-state index contributed by atoms with van der Waals surface area (Å²) in [6, 6.07) is 8.02. The molecule has 0 unspecified atom stereocenters. The van der Waals surface area contributed by atoms with Gasteiger partial charge in [-0.3, -0.25) is 0 Å².